The molecule has 0 radical (unpaired) electrons. The molecule has 1 aromatic rings. The number of morpholine rings is 1. The summed E-state index contributed by atoms with van der Waals surface area (Å²) < 4.78 is 5.26. The smallest absolute Gasteiger partial charge is 0.222 e. The average Bonchev–Trinajstić information content (AvgIpc) is 2.61. The Balaban J connectivity index is 0.00000139. The zero-order chi connectivity index (χ0) is 18.0. The van der Waals surface area contributed by atoms with Crippen LogP contribution in [0.25, 0.3) is 0 Å². The van der Waals surface area contributed by atoms with E-state index in [-0.39, 0.29) is 11.3 Å². The maximum Gasteiger partial charge on any atom is 0.222 e. The van der Waals surface area contributed by atoms with Gasteiger partial charge in [0.15, 0.2) is 0 Å². The quantitative estimate of drug-likeness (QED) is 0.796. The van der Waals surface area contributed by atoms with E-state index in [2.05, 4.69) is 19.9 Å². The van der Waals surface area contributed by atoms with Crippen molar-refractivity contribution in [2.45, 2.75) is 58.8 Å². The Morgan fingerprint density at radius 3 is 2.50 bits per heavy atom. The van der Waals surface area contributed by atoms with Crippen LogP contribution >= 0.6 is 0 Å². The van der Waals surface area contributed by atoms with Gasteiger partial charge in [0, 0.05) is 19.5 Å². The number of amides is 1. The Bertz CT molecular complexity index is 493. The van der Waals surface area contributed by atoms with E-state index in [1.165, 1.54) is 0 Å². The molecule has 1 N–H and O–H groups in total. The zero-order valence-electron chi connectivity index (χ0n) is 15.7. The molecule has 24 heavy (non-hydrogen) atoms. The number of phenolic OH excluding ortho intramolecular Hbond substituents is 1. The molecule has 0 bridgehead atoms. The number of nitrogens with zero attached hydrogens (tertiary/aromatic N) is 1. The van der Waals surface area contributed by atoms with Gasteiger partial charge in [-0.2, -0.15) is 0 Å². The van der Waals surface area contributed by atoms with E-state index in [1.807, 2.05) is 30.9 Å². The topological polar surface area (TPSA) is 49.8 Å². The molecule has 0 aliphatic carbocycles. The van der Waals surface area contributed by atoms with Crippen LogP contribution in [0.3, 0.4) is 0 Å². The van der Waals surface area contributed by atoms with E-state index in [0.29, 0.717) is 25.4 Å². The summed E-state index contributed by atoms with van der Waals surface area (Å²) in [5.41, 5.74) is 1.16. The Kier molecular flexibility index (Phi) is 8.83. The Morgan fingerprint density at radius 2 is 1.88 bits per heavy atom. The lowest BCUT2D eigenvalue weighted by molar-refractivity contribution is -0.135. The molecule has 0 saturated carbocycles. The van der Waals surface area contributed by atoms with Crippen LogP contribution in [0.1, 0.15) is 58.9 Å². The van der Waals surface area contributed by atoms with Gasteiger partial charge < -0.3 is 14.7 Å². The average molecular weight is 335 g/mol. The van der Waals surface area contributed by atoms with Crippen molar-refractivity contribution >= 4 is 5.91 Å². The highest BCUT2D eigenvalue weighted by Crippen LogP contribution is 2.31. The van der Waals surface area contributed by atoms with Crippen LogP contribution in [0.2, 0.25) is 0 Å². The molecule has 136 valence electrons. The zero-order valence-corrected chi connectivity index (χ0v) is 15.7. The van der Waals surface area contributed by atoms with Gasteiger partial charge in [-0.05, 0) is 36.0 Å². The van der Waals surface area contributed by atoms with E-state index < -0.39 is 0 Å². The minimum atomic E-state index is 0.0146. The fraction of sp³-hybridized carbons (Fsp3) is 0.650. The summed E-state index contributed by atoms with van der Waals surface area (Å²) in [7, 11) is 0. The Hall–Kier alpha value is -1.55. The van der Waals surface area contributed by atoms with Crippen LogP contribution in [0.15, 0.2) is 24.3 Å². The molecule has 1 aliphatic rings. The van der Waals surface area contributed by atoms with Gasteiger partial charge in [0.1, 0.15) is 5.75 Å². The van der Waals surface area contributed by atoms with Crippen LogP contribution in [0.4, 0.5) is 0 Å². The lowest BCUT2D eigenvalue weighted by Gasteiger charge is -2.27. The summed E-state index contributed by atoms with van der Waals surface area (Å²) in [6.45, 7) is 11.2. The second-order valence-corrected chi connectivity index (χ2v) is 6.63. The fourth-order valence-electron chi connectivity index (χ4n) is 2.89. The maximum absolute atomic E-state index is 12.1. The molecule has 4 heteroatoms. The third-order valence-electron chi connectivity index (χ3n) is 4.43. The molecule has 0 unspecified atom stereocenters. The van der Waals surface area contributed by atoms with Crippen LogP contribution in [-0.4, -0.2) is 42.2 Å². The van der Waals surface area contributed by atoms with Crippen molar-refractivity contribution in [2.24, 2.45) is 0 Å². The van der Waals surface area contributed by atoms with Gasteiger partial charge in [0.05, 0.1) is 13.2 Å². The highest BCUT2D eigenvalue weighted by Gasteiger charge is 2.21. The van der Waals surface area contributed by atoms with Crippen LogP contribution in [-0.2, 0) is 14.9 Å². The van der Waals surface area contributed by atoms with Crippen molar-refractivity contribution in [3.63, 3.8) is 0 Å². The summed E-state index contributed by atoms with van der Waals surface area (Å²) in [6.07, 6.45) is 3.56. The summed E-state index contributed by atoms with van der Waals surface area (Å²) in [5, 5.41) is 9.60. The van der Waals surface area contributed by atoms with E-state index in [0.717, 1.165) is 37.9 Å². The molecule has 1 saturated heterocycles. The number of aromatic hydroxyl groups is 1. The number of carbonyl (C=O) groups excluding carboxylic acids is 1. The molecular weight excluding hydrogens is 302 g/mol. The monoisotopic (exact) mass is 335 g/mol. The van der Waals surface area contributed by atoms with Crippen molar-refractivity contribution < 1.29 is 14.6 Å². The predicted octanol–water partition coefficient (Wildman–Crippen LogP) is 4.12. The molecule has 0 atom stereocenters. The van der Waals surface area contributed by atoms with E-state index in [1.54, 1.807) is 6.07 Å². The summed E-state index contributed by atoms with van der Waals surface area (Å²) in [4.78, 5) is 14.0. The molecule has 1 heterocycles. The summed E-state index contributed by atoms with van der Waals surface area (Å²) in [6, 6.07) is 7.46. The molecule has 2 rings (SSSR count). The van der Waals surface area contributed by atoms with E-state index in [4.69, 9.17) is 4.74 Å². The Morgan fingerprint density at radius 1 is 1.21 bits per heavy atom. The number of unbranched alkanes of at least 4 members (excludes halogenated alkanes) is 1. The van der Waals surface area contributed by atoms with Crippen molar-refractivity contribution in [1.82, 2.24) is 4.90 Å². The number of phenols is 1. The van der Waals surface area contributed by atoms with Gasteiger partial charge in [-0.15, -0.1) is 0 Å². The first-order valence-electron chi connectivity index (χ1n) is 9.14. The van der Waals surface area contributed by atoms with Crippen LogP contribution in [0, 0.1) is 0 Å². The van der Waals surface area contributed by atoms with Crippen molar-refractivity contribution in [3.8, 4) is 5.75 Å². The highest BCUT2D eigenvalue weighted by atomic mass is 16.5. The predicted molar refractivity (Wildman–Crippen MR) is 98.3 cm³/mol. The first-order valence-corrected chi connectivity index (χ1v) is 9.14. The van der Waals surface area contributed by atoms with Crippen LogP contribution < -0.4 is 0 Å². The maximum atomic E-state index is 12.1. The summed E-state index contributed by atoms with van der Waals surface area (Å²) in [5.74, 6) is 0.562. The SMILES string of the molecule is CC.CC(C)(CCCCC(=O)N1CCOCC1)c1cccc(O)c1. The van der Waals surface area contributed by atoms with E-state index >= 15 is 0 Å². The third kappa shape index (κ3) is 6.52. The standard InChI is InChI=1S/C18H27NO3.C2H6/c1-18(2,15-6-5-7-16(20)14-15)9-4-3-8-17(21)19-10-12-22-13-11-19;1-2/h5-7,14,20H,3-4,8-13H2,1-2H3;1-2H3. The van der Waals surface area contributed by atoms with Crippen LogP contribution in [0.5, 0.6) is 5.75 Å². The first-order chi connectivity index (χ1) is 11.5. The van der Waals surface area contributed by atoms with E-state index in [9.17, 15) is 9.90 Å². The molecule has 0 spiro atoms. The van der Waals surface area contributed by atoms with Gasteiger partial charge in [0.25, 0.3) is 0 Å². The van der Waals surface area contributed by atoms with Gasteiger partial charge in [-0.3, -0.25) is 4.79 Å². The minimum Gasteiger partial charge on any atom is -0.508 e. The van der Waals surface area contributed by atoms with Crippen molar-refractivity contribution in [3.05, 3.63) is 29.8 Å². The number of benzene rings is 1. The van der Waals surface area contributed by atoms with Crippen molar-refractivity contribution in [1.29, 1.82) is 0 Å². The number of hydrogen-bond acceptors (Lipinski definition) is 3. The lowest BCUT2D eigenvalue weighted by Crippen LogP contribution is -2.40. The Labute approximate surface area is 146 Å². The fourth-order valence-corrected chi connectivity index (χ4v) is 2.89. The molecule has 4 nitrogen and oxygen atoms in total. The minimum absolute atomic E-state index is 0.0146. The molecular formula is C20H33NO3. The molecule has 1 aromatic carbocycles. The third-order valence-corrected chi connectivity index (χ3v) is 4.43. The van der Waals surface area contributed by atoms with Gasteiger partial charge in [-0.1, -0.05) is 46.2 Å². The molecule has 1 fully saturated rings. The second kappa shape index (κ2) is 10.3. The normalized spacial score (nSPS) is 14.8. The van der Waals surface area contributed by atoms with Gasteiger partial charge >= 0.3 is 0 Å². The van der Waals surface area contributed by atoms with Gasteiger partial charge in [-0.25, -0.2) is 0 Å². The number of hydrogen-bond donors (Lipinski definition) is 1. The molecule has 1 amide bonds. The lowest BCUT2D eigenvalue weighted by atomic mass is 9.80. The largest absolute Gasteiger partial charge is 0.508 e. The molecule has 0 aromatic heterocycles. The summed E-state index contributed by atoms with van der Waals surface area (Å²) >= 11 is 0. The number of ether oxygens (including phenoxy) is 1. The number of rotatable bonds is 6. The first kappa shape index (κ1) is 20.5. The number of carbonyl (C=O) groups is 1. The molecule has 1 aliphatic heterocycles. The highest BCUT2D eigenvalue weighted by molar-refractivity contribution is 5.76. The van der Waals surface area contributed by atoms with Gasteiger partial charge in [0.2, 0.25) is 5.91 Å². The second-order valence-electron chi connectivity index (χ2n) is 6.63. The van der Waals surface area contributed by atoms with Crippen molar-refractivity contribution in [2.75, 3.05) is 26.3 Å².